The van der Waals surface area contributed by atoms with Crippen molar-refractivity contribution in [2.75, 3.05) is 18.5 Å². The van der Waals surface area contributed by atoms with E-state index in [1.165, 1.54) is 6.07 Å². The van der Waals surface area contributed by atoms with Gasteiger partial charge in [0.2, 0.25) is 0 Å². The van der Waals surface area contributed by atoms with Gasteiger partial charge in [-0.2, -0.15) is 0 Å². The molecule has 3 aromatic rings. The van der Waals surface area contributed by atoms with E-state index in [2.05, 4.69) is 22.2 Å². The van der Waals surface area contributed by atoms with Gasteiger partial charge in [-0.1, -0.05) is 0 Å². The molecular formula is C27H27FN4O3. The number of aromatic nitrogens is 1. The van der Waals surface area contributed by atoms with Crippen molar-refractivity contribution in [2.45, 2.75) is 19.8 Å². The fourth-order valence-electron chi connectivity index (χ4n) is 3.53. The standard InChI is InChI=1S/C27H27FN4O3/c1-17-15-29-13-12-23(17)27(34)31-18(2)35-22-9-6-20(7-10-22)32(3)21-8-11-25(28)24(14-21)26(33)30-16-19-4-5-19/h6-15,19H,2,4-5,16H2,1,3H3,(H,30,33)(H,31,34). The number of ether oxygens (including phenoxy) is 1. The van der Waals surface area contributed by atoms with E-state index in [0.29, 0.717) is 29.5 Å². The number of halogens is 1. The molecule has 4 rings (SSSR count). The van der Waals surface area contributed by atoms with E-state index in [1.54, 1.807) is 49.6 Å². The van der Waals surface area contributed by atoms with Gasteiger partial charge >= 0.3 is 0 Å². The summed E-state index contributed by atoms with van der Waals surface area (Å²) in [5.41, 5.74) is 2.72. The summed E-state index contributed by atoms with van der Waals surface area (Å²) in [6.07, 6.45) is 5.37. The van der Waals surface area contributed by atoms with Gasteiger partial charge in [-0.05, 0) is 86.4 Å². The lowest BCUT2D eigenvalue weighted by molar-refractivity contribution is 0.0940. The third-order valence-corrected chi connectivity index (χ3v) is 5.81. The molecule has 1 aliphatic carbocycles. The summed E-state index contributed by atoms with van der Waals surface area (Å²) < 4.78 is 19.9. The second-order valence-electron chi connectivity index (χ2n) is 8.54. The molecule has 2 N–H and O–H groups in total. The lowest BCUT2D eigenvalue weighted by Crippen LogP contribution is -2.26. The van der Waals surface area contributed by atoms with E-state index < -0.39 is 11.7 Å². The number of nitrogens with zero attached hydrogens (tertiary/aromatic N) is 2. The van der Waals surface area contributed by atoms with Crippen LogP contribution in [0.2, 0.25) is 0 Å². The van der Waals surface area contributed by atoms with Crippen molar-refractivity contribution in [2.24, 2.45) is 5.92 Å². The fourth-order valence-corrected chi connectivity index (χ4v) is 3.53. The van der Waals surface area contributed by atoms with Crippen molar-refractivity contribution in [1.82, 2.24) is 15.6 Å². The maximum Gasteiger partial charge on any atom is 0.258 e. The van der Waals surface area contributed by atoms with Crippen molar-refractivity contribution in [1.29, 1.82) is 0 Å². The van der Waals surface area contributed by atoms with Gasteiger partial charge in [-0.25, -0.2) is 4.39 Å². The molecule has 1 aromatic heterocycles. The van der Waals surface area contributed by atoms with E-state index in [4.69, 9.17) is 4.74 Å². The Hall–Kier alpha value is -4.20. The molecule has 2 amide bonds. The number of benzene rings is 2. The summed E-state index contributed by atoms with van der Waals surface area (Å²) in [5, 5.41) is 5.43. The summed E-state index contributed by atoms with van der Waals surface area (Å²) in [6, 6.07) is 13.2. The highest BCUT2D eigenvalue weighted by Gasteiger charge is 2.23. The molecule has 7 nitrogen and oxygen atoms in total. The second kappa shape index (κ2) is 10.4. The van der Waals surface area contributed by atoms with E-state index >= 15 is 0 Å². The molecule has 0 spiro atoms. The Morgan fingerprint density at radius 1 is 1.09 bits per heavy atom. The minimum absolute atomic E-state index is 0.0198. The summed E-state index contributed by atoms with van der Waals surface area (Å²) in [5.74, 6) is -0.208. The maximum atomic E-state index is 14.3. The lowest BCUT2D eigenvalue weighted by Gasteiger charge is -2.21. The van der Waals surface area contributed by atoms with Gasteiger partial charge in [0.05, 0.1) is 5.56 Å². The zero-order valence-electron chi connectivity index (χ0n) is 19.7. The van der Waals surface area contributed by atoms with Crippen LogP contribution in [-0.2, 0) is 0 Å². The number of pyridine rings is 1. The normalized spacial score (nSPS) is 12.5. The topological polar surface area (TPSA) is 83.6 Å². The number of nitrogens with one attached hydrogen (secondary N) is 2. The molecule has 0 bridgehead atoms. The SMILES string of the molecule is C=C(NC(=O)c1ccncc1C)Oc1ccc(N(C)c2ccc(F)c(C(=O)NCC3CC3)c2)cc1. The van der Waals surface area contributed by atoms with Crippen LogP contribution in [0.1, 0.15) is 39.1 Å². The van der Waals surface area contributed by atoms with Crippen molar-refractivity contribution >= 4 is 23.2 Å². The van der Waals surface area contributed by atoms with Crippen LogP contribution in [0.15, 0.2) is 73.4 Å². The van der Waals surface area contributed by atoms with Crippen LogP contribution in [0.4, 0.5) is 15.8 Å². The number of amides is 2. The third kappa shape index (κ3) is 6.03. The Labute approximate surface area is 203 Å². The fraction of sp³-hybridized carbons (Fsp3) is 0.222. The zero-order chi connectivity index (χ0) is 24.9. The van der Waals surface area contributed by atoms with Gasteiger partial charge < -0.3 is 15.0 Å². The van der Waals surface area contributed by atoms with E-state index in [-0.39, 0.29) is 17.4 Å². The van der Waals surface area contributed by atoms with E-state index in [0.717, 1.165) is 24.1 Å². The summed E-state index contributed by atoms with van der Waals surface area (Å²) in [7, 11) is 1.82. The molecule has 1 saturated carbocycles. The number of carbonyl (C=O) groups is 2. The first kappa shape index (κ1) is 23.9. The van der Waals surface area contributed by atoms with Crippen molar-refractivity contribution < 1.29 is 18.7 Å². The van der Waals surface area contributed by atoms with Gasteiger partial charge in [0, 0.05) is 42.9 Å². The molecule has 2 aromatic carbocycles. The van der Waals surface area contributed by atoms with Crippen LogP contribution in [-0.4, -0.2) is 30.4 Å². The summed E-state index contributed by atoms with van der Waals surface area (Å²) >= 11 is 0. The smallest absolute Gasteiger partial charge is 0.258 e. The number of rotatable bonds is 9. The van der Waals surface area contributed by atoms with E-state index in [9.17, 15) is 14.0 Å². The molecule has 0 aliphatic heterocycles. The monoisotopic (exact) mass is 474 g/mol. The lowest BCUT2D eigenvalue weighted by atomic mass is 10.1. The average molecular weight is 475 g/mol. The predicted molar refractivity (Wildman–Crippen MR) is 132 cm³/mol. The number of hydrogen-bond acceptors (Lipinski definition) is 5. The number of aryl methyl sites for hydroxylation is 1. The Morgan fingerprint density at radius 3 is 2.49 bits per heavy atom. The molecule has 0 radical (unpaired) electrons. The van der Waals surface area contributed by atoms with Crippen molar-refractivity contribution in [3.05, 3.63) is 95.9 Å². The van der Waals surface area contributed by atoms with Crippen LogP contribution in [0.5, 0.6) is 5.75 Å². The van der Waals surface area contributed by atoms with Gasteiger partial charge in [-0.15, -0.1) is 0 Å². The van der Waals surface area contributed by atoms with Gasteiger partial charge in [0.15, 0.2) is 5.88 Å². The number of hydrogen-bond donors (Lipinski definition) is 2. The van der Waals surface area contributed by atoms with Crippen molar-refractivity contribution in [3.63, 3.8) is 0 Å². The molecule has 180 valence electrons. The minimum Gasteiger partial charge on any atom is -0.442 e. The zero-order valence-corrected chi connectivity index (χ0v) is 19.7. The molecule has 0 atom stereocenters. The Kier molecular flexibility index (Phi) is 7.10. The first-order valence-corrected chi connectivity index (χ1v) is 11.3. The largest absolute Gasteiger partial charge is 0.442 e. The number of anilines is 2. The highest BCUT2D eigenvalue weighted by atomic mass is 19.1. The van der Waals surface area contributed by atoms with Crippen LogP contribution in [0, 0.1) is 18.7 Å². The van der Waals surface area contributed by atoms with Crippen LogP contribution < -0.4 is 20.3 Å². The highest BCUT2D eigenvalue weighted by Crippen LogP contribution is 2.29. The van der Waals surface area contributed by atoms with Gasteiger partial charge in [-0.3, -0.25) is 19.9 Å². The molecule has 35 heavy (non-hydrogen) atoms. The van der Waals surface area contributed by atoms with Gasteiger partial charge in [0.25, 0.3) is 11.8 Å². The maximum absolute atomic E-state index is 14.3. The molecule has 0 unspecified atom stereocenters. The third-order valence-electron chi connectivity index (χ3n) is 5.81. The molecule has 1 aliphatic rings. The second-order valence-corrected chi connectivity index (χ2v) is 8.54. The summed E-state index contributed by atoms with van der Waals surface area (Å²) in [4.78, 5) is 30.6. The Morgan fingerprint density at radius 2 is 1.80 bits per heavy atom. The highest BCUT2D eigenvalue weighted by molar-refractivity contribution is 5.96. The van der Waals surface area contributed by atoms with Crippen LogP contribution >= 0.6 is 0 Å². The summed E-state index contributed by atoms with van der Waals surface area (Å²) in [6.45, 7) is 6.14. The van der Waals surface area contributed by atoms with Crippen molar-refractivity contribution in [3.8, 4) is 5.75 Å². The van der Waals surface area contributed by atoms with E-state index in [1.807, 2.05) is 24.1 Å². The molecule has 0 saturated heterocycles. The Bertz CT molecular complexity index is 1260. The van der Waals surface area contributed by atoms with Crippen LogP contribution in [0.25, 0.3) is 0 Å². The molecule has 1 fully saturated rings. The molecule has 8 heteroatoms. The first-order valence-electron chi connectivity index (χ1n) is 11.3. The Balaban J connectivity index is 1.38. The molecule has 1 heterocycles. The van der Waals surface area contributed by atoms with Crippen LogP contribution in [0.3, 0.4) is 0 Å². The minimum atomic E-state index is -0.554. The average Bonchev–Trinajstić information content (AvgIpc) is 3.67. The molecular weight excluding hydrogens is 447 g/mol. The van der Waals surface area contributed by atoms with Gasteiger partial charge in [0.1, 0.15) is 11.6 Å². The number of carbonyl (C=O) groups excluding carboxylic acids is 2. The first-order chi connectivity index (χ1) is 16.8. The quantitative estimate of drug-likeness (QED) is 0.439. The predicted octanol–water partition coefficient (Wildman–Crippen LogP) is 4.72.